The number of sulfone groups is 1. The molecule has 38 heavy (non-hydrogen) atoms. The summed E-state index contributed by atoms with van der Waals surface area (Å²) < 4.78 is 31.8. The summed E-state index contributed by atoms with van der Waals surface area (Å²) in [4.78, 5) is 11.3. The third kappa shape index (κ3) is 6.79. The van der Waals surface area contributed by atoms with Crippen LogP contribution in [0.25, 0.3) is 11.1 Å². The summed E-state index contributed by atoms with van der Waals surface area (Å²) in [6, 6.07) is 26.1. The standard InChI is InChI=1S/C29H26ClNO6S/c30-24-3-1-2-23(18-24)28(32)19-31-16-17-37-25-10-14-27(15-11-25)38(35,36)26-12-8-21(9-13-26)20-4-6-22(7-5-20)29(33)34/h1-15,18,28,31-32H,16-17,19H2,(H,33,34)/t28-/m0/s1. The lowest BCUT2D eigenvalue weighted by molar-refractivity contribution is 0.0697. The van der Waals surface area contributed by atoms with E-state index >= 15 is 0 Å². The fourth-order valence-electron chi connectivity index (χ4n) is 3.79. The van der Waals surface area contributed by atoms with Crippen LogP contribution in [0.2, 0.25) is 5.02 Å². The predicted octanol–water partition coefficient (Wildman–Crippen LogP) is 5.24. The van der Waals surface area contributed by atoms with Crippen molar-refractivity contribution in [2.45, 2.75) is 15.9 Å². The first-order valence-corrected chi connectivity index (χ1v) is 13.7. The van der Waals surface area contributed by atoms with Crippen LogP contribution in [-0.4, -0.2) is 44.3 Å². The Morgan fingerprint density at radius 1 is 0.868 bits per heavy atom. The zero-order valence-electron chi connectivity index (χ0n) is 20.2. The minimum absolute atomic E-state index is 0.145. The Bertz CT molecular complexity index is 1490. The summed E-state index contributed by atoms with van der Waals surface area (Å²) in [5.74, 6) is -0.475. The van der Waals surface area contributed by atoms with Crippen LogP contribution in [0, 0.1) is 0 Å². The van der Waals surface area contributed by atoms with Gasteiger partial charge in [-0.2, -0.15) is 0 Å². The molecule has 4 aromatic rings. The molecule has 0 unspecified atom stereocenters. The number of benzene rings is 4. The molecule has 0 amide bonds. The van der Waals surface area contributed by atoms with Crippen molar-refractivity contribution in [3.8, 4) is 16.9 Å². The summed E-state index contributed by atoms with van der Waals surface area (Å²) in [6.45, 7) is 1.17. The number of ether oxygens (including phenoxy) is 1. The summed E-state index contributed by atoms with van der Waals surface area (Å²) in [7, 11) is -3.72. The van der Waals surface area contributed by atoms with Gasteiger partial charge < -0.3 is 20.3 Å². The fourth-order valence-corrected chi connectivity index (χ4v) is 5.25. The molecule has 0 aliphatic heterocycles. The van der Waals surface area contributed by atoms with E-state index in [0.717, 1.165) is 16.7 Å². The van der Waals surface area contributed by atoms with E-state index < -0.39 is 21.9 Å². The van der Waals surface area contributed by atoms with Crippen LogP contribution >= 0.6 is 11.6 Å². The quantitative estimate of drug-likeness (QED) is 0.218. The molecule has 0 saturated heterocycles. The number of hydrogen-bond donors (Lipinski definition) is 3. The van der Waals surface area contributed by atoms with Crippen molar-refractivity contribution in [3.63, 3.8) is 0 Å². The molecule has 9 heteroatoms. The molecule has 0 aromatic heterocycles. The van der Waals surface area contributed by atoms with Gasteiger partial charge in [-0.25, -0.2) is 13.2 Å². The van der Waals surface area contributed by atoms with E-state index in [2.05, 4.69) is 5.32 Å². The van der Waals surface area contributed by atoms with Crippen molar-refractivity contribution < 1.29 is 28.2 Å². The molecule has 0 bridgehead atoms. The maximum atomic E-state index is 13.1. The molecular weight excluding hydrogens is 526 g/mol. The van der Waals surface area contributed by atoms with Gasteiger partial charge in [0.2, 0.25) is 9.84 Å². The number of carboxylic acids is 1. The number of hydrogen-bond acceptors (Lipinski definition) is 6. The lowest BCUT2D eigenvalue weighted by Gasteiger charge is -2.13. The lowest BCUT2D eigenvalue weighted by Crippen LogP contribution is -2.26. The predicted molar refractivity (Wildman–Crippen MR) is 146 cm³/mol. The van der Waals surface area contributed by atoms with Gasteiger partial charge in [-0.3, -0.25) is 0 Å². The Labute approximate surface area is 226 Å². The highest BCUT2D eigenvalue weighted by atomic mass is 35.5. The Balaban J connectivity index is 1.30. The first kappa shape index (κ1) is 27.3. The van der Waals surface area contributed by atoms with Crippen LogP contribution in [0.15, 0.2) is 107 Å². The Morgan fingerprint density at radius 3 is 2.03 bits per heavy atom. The van der Waals surface area contributed by atoms with Crippen molar-refractivity contribution in [3.05, 3.63) is 113 Å². The topological polar surface area (TPSA) is 113 Å². The molecular formula is C29H26ClNO6S. The maximum Gasteiger partial charge on any atom is 0.335 e. The Morgan fingerprint density at radius 2 is 1.45 bits per heavy atom. The van der Waals surface area contributed by atoms with E-state index in [1.807, 2.05) is 0 Å². The average molecular weight is 552 g/mol. The van der Waals surface area contributed by atoms with Crippen molar-refractivity contribution in [1.29, 1.82) is 0 Å². The monoisotopic (exact) mass is 551 g/mol. The number of rotatable bonds is 11. The number of aromatic carboxylic acids is 1. The minimum atomic E-state index is -3.72. The molecule has 0 aliphatic rings. The lowest BCUT2D eigenvalue weighted by atomic mass is 10.0. The van der Waals surface area contributed by atoms with Gasteiger partial charge in [0.15, 0.2) is 0 Å². The average Bonchev–Trinajstić information content (AvgIpc) is 2.93. The van der Waals surface area contributed by atoms with Crippen molar-refractivity contribution in [2.75, 3.05) is 19.7 Å². The second kappa shape index (κ2) is 12.2. The van der Waals surface area contributed by atoms with E-state index in [4.69, 9.17) is 21.4 Å². The van der Waals surface area contributed by atoms with Gasteiger partial charge >= 0.3 is 5.97 Å². The van der Waals surface area contributed by atoms with Gasteiger partial charge in [0.25, 0.3) is 0 Å². The molecule has 4 aromatic carbocycles. The molecule has 196 valence electrons. The van der Waals surface area contributed by atoms with E-state index in [-0.39, 0.29) is 15.4 Å². The Kier molecular flexibility index (Phi) is 8.81. The van der Waals surface area contributed by atoms with Crippen molar-refractivity contribution >= 4 is 27.4 Å². The highest BCUT2D eigenvalue weighted by molar-refractivity contribution is 7.91. The molecule has 0 saturated carbocycles. The first-order chi connectivity index (χ1) is 18.2. The first-order valence-electron chi connectivity index (χ1n) is 11.8. The molecule has 3 N–H and O–H groups in total. The van der Waals surface area contributed by atoms with Crippen LogP contribution in [0.5, 0.6) is 5.75 Å². The van der Waals surface area contributed by atoms with E-state index in [1.165, 1.54) is 36.4 Å². The van der Waals surface area contributed by atoms with Gasteiger partial charge in [-0.1, -0.05) is 48.0 Å². The summed E-state index contributed by atoms with van der Waals surface area (Å²) in [5.41, 5.74) is 2.48. The van der Waals surface area contributed by atoms with Crippen LogP contribution in [0.4, 0.5) is 0 Å². The van der Waals surface area contributed by atoms with Crippen molar-refractivity contribution in [1.82, 2.24) is 5.32 Å². The zero-order chi connectivity index (χ0) is 27.1. The molecule has 7 nitrogen and oxygen atoms in total. The van der Waals surface area contributed by atoms with Gasteiger partial charge in [0.05, 0.1) is 21.5 Å². The van der Waals surface area contributed by atoms with Crippen molar-refractivity contribution in [2.24, 2.45) is 0 Å². The molecule has 0 fully saturated rings. The van der Waals surface area contributed by atoms with E-state index in [1.54, 1.807) is 60.7 Å². The smallest absolute Gasteiger partial charge is 0.335 e. The number of carbonyl (C=O) groups is 1. The largest absolute Gasteiger partial charge is 0.492 e. The second-order valence-corrected chi connectivity index (χ2v) is 10.9. The third-order valence-electron chi connectivity index (χ3n) is 5.88. The van der Waals surface area contributed by atoms with Crippen LogP contribution in [-0.2, 0) is 9.84 Å². The van der Waals surface area contributed by atoms with Crippen LogP contribution in [0.1, 0.15) is 22.0 Å². The van der Waals surface area contributed by atoms with Gasteiger partial charge in [0.1, 0.15) is 12.4 Å². The highest BCUT2D eigenvalue weighted by Gasteiger charge is 2.18. The third-order valence-corrected chi connectivity index (χ3v) is 7.90. The number of carboxylic acid groups (broad SMARTS) is 1. The van der Waals surface area contributed by atoms with Crippen LogP contribution in [0.3, 0.4) is 0 Å². The summed E-state index contributed by atoms with van der Waals surface area (Å²) in [5, 5.41) is 22.9. The number of halogens is 1. The van der Waals surface area contributed by atoms with Gasteiger partial charge in [-0.05, 0) is 77.4 Å². The van der Waals surface area contributed by atoms with Crippen LogP contribution < -0.4 is 10.1 Å². The normalized spacial score (nSPS) is 12.2. The second-order valence-electron chi connectivity index (χ2n) is 8.51. The maximum absolute atomic E-state index is 13.1. The van der Waals surface area contributed by atoms with Gasteiger partial charge in [0, 0.05) is 18.1 Å². The summed E-state index contributed by atoms with van der Waals surface area (Å²) >= 11 is 5.95. The Hall–Kier alpha value is -3.69. The van der Waals surface area contributed by atoms with Gasteiger partial charge in [-0.15, -0.1) is 0 Å². The molecule has 0 spiro atoms. The highest BCUT2D eigenvalue weighted by Crippen LogP contribution is 2.26. The molecule has 0 radical (unpaired) electrons. The molecule has 4 rings (SSSR count). The summed E-state index contributed by atoms with van der Waals surface area (Å²) in [6.07, 6.45) is -0.690. The minimum Gasteiger partial charge on any atom is -0.492 e. The van der Waals surface area contributed by atoms with E-state index in [9.17, 15) is 18.3 Å². The molecule has 0 heterocycles. The fraction of sp³-hybridized carbons (Fsp3) is 0.138. The molecule has 0 aliphatic carbocycles. The van der Waals surface area contributed by atoms with E-state index in [0.29, 0.717) is 30.5 Å². The molecule has 1 atom stereocenters. The zero-order valence-corrected chi connectivity index (χ0v) is 21.8. The number of aliphatic hydroxyl groups excluding tert-OH is 1. The SMILES string of the molecule is O=C(O)c1ccc(-c2ccc(S(=O)(=O)c3ccc(OCCNC[C@H](O)c4cccc(Cl)c4)cc3)cc2)cc1. The number of nitrogens with one attached hydrogen (secondary N) is 1. The number of aliphatic hydroxyl groups is 1.